The topological polar surface area (TPSA) is 99.1 Å². The van der Waals surface area contributed by atoms with Crippen LogP contribution in [-0.4, -0.2) is 80.6 Å². The van der Waals surface area contributed by atoms with Gasteiger partial charge >= 0.3 is 17.9 Å². The summed E-state index contributed by atoms with van der Waals surface area (Å²) < 4.78 is 17.2. The number of carbonyl (C=O) groups is 3. The Hall–Kier alpha value is -2.19. The fourth-order valence-corrected chi connectivity index (χ4v) is 6.78. The van der Waals surface area contributed by atoms with Gasteiger partial charge in [-0.15, -0.1) is 0 Å². The molecule has 0 aromatic heterocycles. The predicted octanol–water partition coefficient (Wildman–Crippen LogP) is 12.5. The minimum absolute atomic E-state index is 0.0565. The van der Waals surface area contributed by atoms with Crippen LogP contribution in [0.3, 0.4) is 0 Å². The van der Waals surface area contributed by atoms with Crippen LogP contribution in [0.25, 0.3) is 0 Å². The second kappa shape index (κ2) is 38.7. The van der Waals surface area contributed by atoms with Gasteiger partial charge in [-0.1, -0.05) is 179 Å². The molecule has 2 atom stereocenters. The molecule has 1 N–H and O–H groups in total. The molecule has 322 valence electrons. The van der Waals surface area contributed by atoms with Crippen LogP contribution in [0.5, 0.6) is 0 Å². The average Bonchev–Trinajstić information content (AvgIpc) is 3.14. The number of hydrogen-bond acceptors (Lipinski definition) is 6. The van der Waals surface area contributed by atoms with Crippen molar-refractivity contribution in [3.8, 4) is 0 Å². The van der Waals surface area contributed by atoms with E-state index in [1.807, 2.05) is 21.1 Å². The Kier molecular flexibility index (Phi) is 37.1. The highest BCUT2D eigenvalue weighted by Gasteiger charge is 2.31. The molecular formula is C47H88NO7+. The zero-order chi connectivity index (χ0) is 40.7. The zero-order valence-electron chi connectivity index (χ0n) is 36.6. The molecule has 0 heterocycles. The van der Waals surface area contributed by atoms with Gasteiger partial charge in [-0.25, -0.2) is 4.79 Å². The van der Waals surface area contributed by atoms with Crippen LogP contribution in [0.2, 0.25) is 0 Å². The fourth-order valence-electron chi connectivity index (χ4n) is 6.78. The molecule has 2 unspecified atom stereocenters. The maximum absolute atomic E-state index is 12.7. The highest BCUT2D eigenvalue weighted by atomic mass is 16.6. The van der Waals surface area contributed by atoms with E-state index in [9.17, 15) is 19.5 Å². The van der Waals surface area contributed by atoms with Crippen LogP contribution in [-0.2, 0) is 28.6 Å². The number of rotatable bonds is 41. The summed E-state index contributed by atoms with van der Waals surface area (Å²) in [7, 11) is 5.52. The number of likely N-dealkylation sites (N-methyl/N-ethyl adjacent to an activating group) is 1. The minimum atomic E-state index is -0.877. The van der Waals surface area contributed by atoms with Crippen LogP contribution in [0.4, 0.5) is 0 Å². The summed E-state index contributed by atoms with van der Waals surface area (Å²) in [6.07, 6.45) is 42.3. The smallest absolute Gasteiger partial charge is 0.362 e. The van der Waals surface area contributed by atoms with Gasteiger partial charge < -0.3 is 23.8 Å². The van der Waals surface area contributed by atoms with E-state index in [0.29, 0.717) is 19.3 Å². The monoisotopic (exact) mass is 779 g/mol. The van der Waals surface area contributed by atoms with Gasteiger partial charge in [0, 0.05) is 19.3 Å². The van der Waals surface area contributed by atoms with E-state index in [1.165, 1.54) is 122 Å². The van der Waals surface area contributed by atoms with E-state index in [-0.39, 0.29) is 36.2 Å². The van der Waals surface area contributed by atoms with E-state index >= 15 is 0 Å². The summed E-state index contributed by atoms with van der Waals surface area (Å²) in [6, 6.07) is -0.615. The van der Waals surface area contributed by atoms with Gasteiger partial charge in [0.25, 0.3) is 0 Å². The Morgan fingerprint density at radius 3 is 1.42 bits per heavy atom. The second-order valence-electron chi connectivity index (χ2n) is 16.7. The number of nitrogens with zero attached hydrogens (tertiary/aromatic N) is 1. The second-order valence-corrected chi connectivity index (χ2v) is 16.7. The average molecular weight is 779 g/mol. The number of quaternary nitrogens is 1. The Morgan fingerprint density at radius 1 is 0.545 bits per heavy atom. The van der Waals surface area contributed by atoms with E-state index in [2.05, 4.69) is 38.2 Å². The van der Waals surface area contributed by atoms with Crippen molar-refractivity contribution < 1.29 is 38.2 Å². The quantitative estimate of drug-likeness (QED) is 0.0285. The first-order valence-electron chi connectivity index (χ1n) is 22.9. The lowest BCUT2D eigenvalue weighted by Gasteiger charge is -2.31. The highest BCUT2D eigenvalue weighted by Crippen LogP contribution is 2.16. The number of hydrogen-bond donors (Lipinski definition) is 1. The molecule has 8 heteroatoms. The first kappa shape index (κ1) is 52.8. The van der Waals surface area contributed by atoms with Crippen molar-refractivity contribution in [2.75, 3.05) is 41.0 Å². The van der Waals surface area contributed by atoms with E-state index in [4.69, 9.17) is 14.2 Å². The maximum Gasteiger partial charge on any atom is 0.362 e. The van der Waals surface area contributed by atoms with Crippen molar-refractivity contribution in [1.29, 1.82) is 0 Å². The third kappa shape index (κ3) is 37.2. The van der Waals surface area contributed by atoms with Crippen LogP contribution >= 0.6 is 0 Å². The van der Waals surface area contributed by atoms with Crippen LogP contribution in [0.15, 0.2) is 24.3 Å². The molecule has 0 aliphatic carbocycles. The summed E-state index contributed by atoms with van der Waals surface area (Å²) in [5.74, 6) is -1.49. The van der Waals surface area contributed by atoms with Crippen LogP contribution < -0.4 is 0 Å². The minimum Gasteiger partial charge on any atom is -0.477 e. The molecule has 0 saturated heterocycles. The van der Waals surface area contributed by atoms with Gasteiger partial charge in [0.15, 0.2) is 12.1 Å². The molecule has 0 spiro atoms. The number of allylic oxidation sites excluding steroid dienone is 4. The number of aliphatic carboxylic acids is 1. The van der Waals surface area contributed by atoms with E-state index in [0.717, 1.165) is 51.4 Å². The van der Waals surface area contributed by atoms with E-state index < -0.39 is 18.1 Å². The van der Waals surface area contributed by atoms with Crippen LogP contribution in [0, 0.1) is 0 Å². The number of ether oxygens (including phenoxy) is 3. The zero-order valence-corrected chi connectivity index (χ0v) is 36.6. The number of esters is 2. The molecule has 0 rings (SSSR count). The Balaban J connectivity index is 4.25. The van der Waals surface area contributed by atoms with E-state index in [1.54, 1.807) is 0 Å². The third-order valence-corrected chi connectivity index (χ3v) is 10.4. The Bertz CT molecular complexity index is 957. The maximum atomic E-state index is 12.7. The van der Waals surface area contributed by atoms with Crippen molar-refractivity contribution in [3.05, 3.63) is 24.3 Å². The number of carboxylic acids is 1. The van der Waals surface area contributed by atoms with Gasteiger partial charge in [0.1, 0.15) is 6.61 Å². The van der Waals surface area contributed by atoms with Gasteiger partial charge in [-0.3, -0.25) is 9.59 Å². The van der Waals surface area contributed by atoms with Gasteiger partial charge in [0.05, 0.1) is 34.4 Å². The molecule has 0 aromatic rings. The number of carbonyl (C=O) groups excluding carboxylic acids is 2. The number of unbranched alkanes of at least 4 members (excludes halogenated alkanes) is 24. The summed E-state index contributed by atoms with van der Waals surface area (Å²) in [5, 5.41) is 9.61. The summed E-state index contributed by atoms with van der Waals surface area (Å²) >= 11 is 0. The molecule has 0 aliphatic heterocycles. The van der Waals surface area contributed by atoms with Gasteiger partial charge in [0.2, 0.25) is 0 Å². The Labute approximate surface area is 339 Å². The lowest BCUT2D eigenvalue weighted by atomic mass is 10.0. The fraction of sp³-hybridized carbons (Fsp3) is 0.851. The molecular weight excluding hydrogens is 691 g/mol. The lowest BCUT2D eigenvalue weighted by molar-refractivity contribution is -0.887. The standard InChI is InChI=1S/C47H87NO7/c1-6-8-10-12-14-16-18-19-20-21-22-23-24-25-26-28-30-32-34-36-38-46(50)55-43(41-53-40-39-44(47(51)52)48(3,4)5)42-54-45(49)37-35-33-31-29-27-17-15-13-11-9-7-2/h13,15,17,27,43-44H,6-12,14,16,18-26,28-42H2,1-5H3/p+1/b15-13+,27-17+. The van der Waals surface area contributed by atoms with Crippen molar-refractivity contribution in [3.63, 3.8) is 0 Å². The molecule has 0 fully saturated rings. The number of carboxylic acid groups (broad SMARTS) is 1. The summed E-state index contributed by atoms with van der Waals surface area (Å²) in [4.78, 5) is 36.9. The summed E-state index contributed by atoms with van der Waals surface area (Å²) in [5.41, 5.74) is 0. The molecule has 55 heavy (non-hydrogen) atoms. The lowest BCUT2D eigenvalue weighted by Crippen LogP contribution is -2.50. The molecule has 8 nitrogen and oxygen atoms in total. The SMILES string of the molecule is CCCC/C=C/C=C/CCCCCC(=O)OCC(COCCC(C(=O)O)[N+](C)(C)C)OC(=O)CCCCCCCCCCCCCCCCCCCCCC. The predicted molar refractivity (Wildman–Crippen MR) is 229 cm³/mol. The molecule has 0 bridgehead atoms. The molecule has 0 radical (unpaired) electrons. The first-order valence-corrected chi connectivity index (χ1v) is 22.9. The van der Waals surface area contributed by atoms with Gasteiger partial charge in [-0.2, -0.15) is 0 Å². The molecule has 0 saturated carbocycles. The Morgan fingerprint density at radius 2 is 0.964 bits per heavy atom. The van der Waals surface area contributed by atoms with Crippen molar-refractivity contribution >= 4 is 17.9 Å². The van der Waals surface area contributed by atoms with Gasteiger partial charge in [-0.05, 0) is 32.1 Å². The molecule has 0 aliphatic rings. The van der Waals surface area contributed by atoms with Crippen molar-refractivity contribution in [1.82, 2.24) is 0 Å². The molecule has 0 amide bonds. The van der Waals surface area contributed by atoms with Crippen LogP contribution in [0.1, 0.15) is 206 Å². The first-order chi connectivity index (χ1) is 26.6. The van der Waals surface area contributed by atoms with Crippen molar-refractivity contribution in [2.24, 2.45) is 0 Å². The largest absolute Gasteiger partial charge is 0.477 e. The third-order valence-electron chi connectivity index (χ3n) is 10.4. The normalized spacial score (nSPS) is 13.1. The highest BCUT2D eigenvalue weighted by molar-refractivity contribution is 5.72. The molecule has 0 aromatic carbocycles. The summed E-state index contributed by atoms with van der Waals surface area (Å²) in [6.45, 7) is 4.68. The van der Waals surface area contributed by atoms with Crippen molar-refractivity contribution in [2.45, 2.75) is 219 Å².